The van der Waals surface area contributed by atoms with Crippen molar-refractivity contribution in [3.05, 3.63) is 11.7 Å². The van der Waals surface area contributed by atoms with Crippen LogP contribution in [-0.2, 0) is 6.42 Å². The van der Waals surface area contributed by atoms with Gasteiger partial charge in [0.15, 0.2) is 11.8 Å². The van der Waals surface area contributed by atoms with E-state index >= 15 is 0 Å². The van der Waals surface area contributed by atoms with Gasteiger partial charge in [0.2, 0.25) is 5.89 Å². The minimum atomic E-state index is 0.301. The van der Waals surface area contributed by atoms with E-state index < -0.39 is 0 Å². The summed E-state index contributed by atoms with van der Waals surface area (Å²) in [5.41, 5.74) is 0. The summed E-state index contributed by atoms with van der Waals surface area (Å²) >= 11 is 0. The summed E-state index contributed by atoms with van der Waals surface area (Å²) in [5, 5.41) is 7.49. The van der Waals surface area contributed by atoms with Gasteiger partial charge in [-0.25, -0.2) is 0 Å². The summed E-state index contributed by atoms with van der Waals surface area (Å²) in [4.78, 5) is 14.1. The fourth-order valence-electron chi connectivity index (χ4n) is 5.14. The van der Waals surface area contributed by atoms with Gasteiger partial charge in [0, 0.05) is 58.2 Å². The van der Waals surface area contributed by atoms with Crippen LogP contribution in [-0.4, -0.2) is 71.7 Å². The largest absolute Gasteiger partial charge is 0.356 e. The van der Waals surface area contributed by atoms with Crippen LogP contribution < -0.4 is 5.32 Å². The number of hydrogen-bond donors (Lipinski definition) is 1. The Morgan fingerprint density at radius 3 is 2.63 bits per heavy atom. The Hall–Kier alpha value is -1.63. The Labute approximate surface area is 162 Å². The van der Waals surface area contributed by atoms with Crippen LogP contribution in [0.25, 0.3) is 0 Å². The molecule has 7 nitrogen and oxygen atoms in total. The van der Waals surface area contributed by atoms with Gasteiger partial charge in [0.05, 0.1) is 0 Å². The first-order valence-corrected chi connectivity index (χ1v) is 10.7. The number of aliphatic imine (C=N–C) groups is 1. The van der Waals surface area contributed by atoms with Crippen molar-refractivity contribution in [2.45, 2.75) is 57.9 Å². The van der Waals surface area contributed by atoms with Crippen LogP contribution in [0.3, 0.4) is 0 Å². The van der Waals surface area contributed by atoms with Crippen LogP contribution >= 0.6 is 0 Å². The number of hydrogen-bond acceptors (Lipinski definition) is 5. The molecule has 3 fully saturated rings. The van der Waals surface area contributed by atoms with Crippen molar-refractivity contribution >= 4 is 5.96 Å². The van der Waals surface area contributed by atoms with Crippen molar-refractivity contribution < 1.29 is 4.52 Å². The highest BCUT2D eigenvalue weighted by Crippen LogP contribution is 2.46. The number of guanidine groups is 1. The zero-order chi connectivity index (χ0) is 18.8. The summed E-state index contributed by atoms with van der Waals surface area (Å²) in [7, 11) is 1.87. The van der Waals surface area contributed by atoms with Gasteiger partial charge in [-0.1, -0.05) is 25.4 Å². The highest BCUT2D eigenvalue weighted by atomic mass is 16.5. The Kier molecular flexibility index (Phi) is 5.66. The van der Waals surface area contributed by atoms with E-state index in [2.05, 4.69) is 44.1 Å². The summed E-state index contributed by atoms with van der Waals surface area (Å²) in [6.07, 6.45) is 6.61. The third-order valence-electron chi connectivity index (χ3n) is 6.62. The van der Waals surface area contributed by atoms with Gasteiger partial charge < -0.3 is 14.7 Å². The van der Waals surface area contributed by atoms with E-state index in [0.29, 0.717) is 11.8 Å². The number of fused-ring (bicyclic) bond motifs is 2. The number of nitrogens with zero attached hydrogens (tertiary/aromatic N) is 5. The molecule has 0 amide bonds. The summed E-state index contributed by atoms with van der Waals surface area (Å²) in [6, 6.07) is 0.855. The summed E-state index contributed by atoms with van der Waals surface area (Å²) in [6.45, 7) is 9.36. The van der Waals surface area contributed by atoms with E-state index in [1.54, 1.807) is 0 Å². The van der Waals surface area contributed by atoms with Gasteiger partial charge in [-0.15, -0.1) is 0 Å². The fraction of sp³-hybridized carbons (Fsp3) is 0.850. The molecule has 0 radical (unpaired) electrons. The first-order valence-electron chi connectivity index (χ1n) is 10.7. The molecule has 2 heterocycles. The Balaban J connectivity index is 1.22. The number of aromatic nitrogens is 2. The molecule has 1 aromatic heterocycles. The highest BCUT2D eigenvalue weighted by molar-refractivity contribution is 5.80. The van der Waals surface area contributed by atoms with E-state index in [-0.39, 0.29) is 0 Å². The average Bonchev–Trinajstić information content (AvgIpc) is 3.42. The minimum absolute atomic E-state index is 0.301. The van der Waals surface area contributed by atoms with Crippen molar-refractivity contribution in [3.63, 3.8) is 0 Å². The molecule has 1 saturated heterocycles. The lowest BCUT2D eigenvalue weighted by Crippen LogP contribution is -2.55. The Morgan fingerprint density at radius 1 is 1.22 bits per heavy atom. The molecule has 1 N–H and O–H groups in total. The third kappa shape index (κ3) is 4.13. The molecule has 3 aliphatic rings. The number of piperazine rings is 1. The maximum absolute atomic E-state index is 5.32. The molecule has 1 aliphatic heterocycles. The van der Waals surface area contributed by atoms with E-state index in [0.717, 1.165) is 68.8 Å². The minimum Gasteiger partial charge on any atom is -0.356 e. The van der Waals surface area contributed by atoms with Crippen LogP contribution in [0.5, 0.6) is 0 Å². The van der Waals surface area contributed by atoms with Crippen molar-refractivity contribution in [1.82, 2.24) is 25.3 Å². The quantitative estimate of drug-likeness (QED) is 0.629. The van der Waals surface area contributed by atoms with Crippen LogP contribution in [0.15, 0.2) is 9.52 Å². The second-order valence-corrected chi connectivity index (χ2v) is 8.69. The van der Waals surface area contributed by atoms with Crippen molar-refractivity contribution in [3.8, 4) is 0 Å². The third-order valence-corrected chi connectivity index (χ3v) is 6.62. The summed E-state index contributed by atoms with van der Waals surface area (Å²) in [5.74, 6) is 4.77. The molecule has 4 rings (SSSR count). The molecule has 3 atom stereocenters. The lowest BCUT2D eigenvalue weighted by atomic mass is 9.93. The lowest BCUT2D eigenvalue weighted by molar-refractivity contribution is 0.0958. The maximum atomic E-state index is 5.32. The lowest BCUT2D eigenvalue weighted by Gasteiger charge is -2.41. The standard InChI is InChI=1S/C20H34N6O/c1-14(2)19-23-18(27-24-19)6-7-22-20(21-3)26-10-8-25(9-11-26)17-13-15-4-5-16(17)12-15/h14-17H,4-13H2,1-3H3,(H,21,22). The molecule has 150 valence electrons. The topological polar surface area (TPSA) is 69.8 Å². The molecule has 7 heteroatoms. The smallest absolute Gasteiger partial charge is 0.228 e. The number of nitrogens with one attached hydrogen (secondary N) is 1. The fourth-order valence-corrected chi connectivity index (χ4v) is 5.14. The van der Waals surface area contributed by atoms with E-state index in [9.17, 15) is 0 Å². The zero-order valence-corrected chi connectivity index (χ0v) is 17.0. The summed E-state index contributed by atoms with van der Waals surface area (Å²) < 4.78 is 5.32. The molecule has 0 aromatic carbocycles. The van der Waals surface area contributed by atoms with Gasteiger partial charge in [0.25, 0.3) is 0 Å². The van der Waals surface area contributed by atoms with Gasteiger partial charge in [0.1, 0.15) is 0 Å². The van der Waals surface area contributed by atoms with E-state index in [4.69, 9.17) is 4.52 Å². The molecular weight excluding hydrogens is 340 g/mol. The van der Waals surface area contributed by atoms with Crippen LogP contribution in [0.1, 0.15) is 57.2 Å². The molecule has 2 saturated carbocycles. The van der Waals surface area contributed by atoms with Gasteiger partial charge >= 0.3 is 0 Å². The number of rotatable bonds is 5. The molecule has 2 bridgehead atoms. The molecule has 1 aromatic rings. The van der Waals surface area contributed by atoms with E-state index in [1.807, 2.05) is 7.05 Å². The molecule has 27 heavy (non-hydrogen) atoms. The zero-order valence-electron chi connectivity index (χ0n) is 17.0. The predicted octanol–water partition coefficient (Wildman–Crippen LogP) is 2.12. The monoisotopic (exact) mass is 374 g/mol. The van der Waals surface area contributed by atoms with Crippen LogP contribution in [0, 0.1) is 11.8 Å². The second kappa shape index (κ2) is 8.17. The van der Waals surface area contributed by atoms with E-state index in [1.165, 1.54) is 25.7 Å². The van der Waals surface area contributed by atoms with Gasteiger partial charge in [-0.3, -0.25) is 9.89 Å². The average molecular weight is 375 g/mol. The molecular formula is C20H34N6O. The SMILES string of the molecule is CN=C(NCCc1nc(C(C)C)no1)N1CCN(C2CC3CCC2C3)CC1. The molecule has 3 unspecified atom stereocenters. The van der Waals surface area contributed by atoms with Crippen LogP contribution in [0.4, 0.5) is 0 Å². The molecule has 0 spiro atoms. The Morgan fingerprint density at radius 2 is 2.04 bits per heavy atom. The predicted molar refractivity (Wildman–Crippen MR) is 106 cm³/mol. The van der Waals surface area contributed by atoms with Gasteiger partial charge in [-0.05, 0) is 31.1 Å². The normalized spacial score (nSPS) is 29.1. The molecule has 2 aliphatic carbocycles. The first-order chi connectivity index (χ1) is 13.1. The second-order valence-electron chi connectivity index (χ2n) is 8.69. The van der Waals surface area contributed by atoms with Crippen molar-refractivity contribution in [2.24, 2.45) is 16.8 Å². The highest BCUT2D eigenvalue weighted by Gasteiger charge is 2.42. The first kappa shape index (κ1) is 18.7. The van der Waals surface area contributed by atoms with Crippen molar-refractivity contribution in [1.29, 1.82) is 0 Å². The maximum Gasteiger partial charge on any atom is 0.228 e. The Bertz CT molecular complexity index is 649. The van der Waals surface area contributed by atoms with Crippen LogP contribution in [0.2, 0.25) is 0 Å². The van der Waals surface area contributed by atoms with Crippen molar-refractivity contribution in [2.75, 3.05) is 39.8 Å². The van der Waals surface area contributed by atoms with Gasteiger partial charge in [-0.2, -0.15) is 4.98 Å².